The molecule has 5 nitrogen and oxygen atoms in total. The monoisotopic (exact) mass is 315 g/mol. The molecule has 1 fully saturated rings. The van der Waals surface area contributed by atoms with E-state index in [4.69, 9.17) is 4.74 Å². The number of nitrogens with zero attached hydrogens (tertiary/aromatic N) is 2. The Hall–Kier alpha value is -1.85. The Bertz CT molecular complexity index is 592. The van der Waals surface area contributed by atoms with Crippen molar-refractivity contribution in [3.05, 3.63) is 47.8 Å². The maximum atomic E-state index is 10.2. The standard InChI is InChI=1S/C18H25N3O2/c1-14-3-2-4-17(11-14)23-13-16(22)12-21-9-6-15(7-10-21)18-5-8-19-20-18/h2-5,8,11,15-16,22H,6-7,9-10,12-13H2,1H3,(H,19,20). The number of hydrogen-bond acceptors (Lipinski definition) is 4. The summed E-state index contributed by atoms with van der Waals surface area (Å²) in [5, 5.41) is 17.3. The summed E-state index contributed by atoms with van der Waals surface area (Å²) >= 11 is 0. The number of hydrogen-bond donors (Lipinski definition) is 2. The van der Waals surface area contributed by atoms with Gasteiger partial charge in [0.25, 0.3) is 0 Å². The third-order valence-corrected chi connectivity index (χ3v) is 4.45. The SMILES string of the molecule is Cc1cccc(OCC(O)CN2CCC(c3ccn[nH]3)CC2)c1. The lowest BCUT2D eigenvalue weighted by atomic mass is 9.93. The summed E-state index contributed by atoms with van der Waals surface area (Å²) in [6.07, 6.45) is 3.56. The van der Waals surface area contributed by atoms with Crippen molar-refractivity contribution in [2.24, 2.45) is 0 Å². The number of aromatic amines is 1. The minimum atomic E-state index is -0.459. The van der Waals surface area contributed by atoms with Crippen LogP contribution in [0.4, 0.5) is 0 Å². The Labute approximate surface area is 137 Å². The highest BCUT2D eigenvalue weighted by molar-refractivity contribution is 5.27. The molecule has 23 heavy (non-hydrogen) atoms. The number of aliphatic hydroxyl groups is 1. The zero-order valence-corrected chi connectivity index (χ0v) is 13.6. The molecule has 2 aromatic rings. The fraction of sp³-hybridized carbons (Fsp3) is 0.500. The fourth-order valence-corrected chi connectivity index (χ4v) is 3.17. The average molecular weight is 315 g/mol. The summed E-state index contributed by atoms with van der Waals surface area (Å²) < 4.78 is 5.68. The third kappa shape index (κ3) is 4.56. The maximum Gasteiger partial charge on any atom is 0.119 e. The largest absolute Gasteiger partial charge is 0.491 e. The van der Waals surface area contributed by atoms with Crippen molar-refractivity contribution in [2.45, 2.75) is 31.8 Å². The molecule has 0 amide bonds. The Kier molecular flexibility index (Phi) is 5.31. The lowest BCUT2D eigenvalue weighted by Gasteiger charge is -2.32. The summed E-state index contributed by atoms with van der Waals surface area (Å²) in [6, 6.07) is 9.98. The molecule has 1 aromatic carbocycles. The fourth-order valence-electron chi connectivity index (χ4n) is 3.17. The van der Waals surface area contributed by atoms with E-state index in [1.54, 1.807) is 0 Å². The van der Waals surface area contributed by atoms with E-state index in [1.165, 1.54) is 5.69 Å². The zero-order chi connectivity index (χ0) is 16.1. The predicted octanol–water partition coefficient (Wildman–Crippen LogP) is 2.34. The van der Waals surface area contributed by atoms with E-state index in [2.05, 4.69) is 21.2 Å². The van der Waals surface area contributed by atoms with Crippen LogP contribution in [-0.4, -0.2) is 52.5 Å². The molecule has 1 unspecified atom stereocenters. The Morgan fingerprint density at radius 2 is 2.17 bits per heavy atom. The molecule has 0 radical (unpaired) electrons. The number of rotatable bonds is 6. The topological polar surface area (TPSA) is 61.4 Å². The van der Waals surface area contributed by atoms with Crippen LogP contribution in [0.25, 0.3) is 0 Å². The van der Waals surface area contributed by atoms with Gasteiger partial charge in [0.2, 0.25) is 0 Å². The number of ether oxygens (including phenoxy) is 1. The smallest absolute Gasteiger partial charge is 0.119 e. The number of β-amino-alcohol motifs (C(OH)–C–C–N with tert-alkyl or cyclic N) is 1. The van der Waals surface area contributed by atoms with Crippen LogP contribution >= 0.6 is 0 Å². The molecule has 1 saturated heterocycles. The molecule has 2 N–H and O–H groups in total. The van der Waals surface area contributed by atoms with Crippen molar-refractivity contribution in [3.8, 4) is 5.75 Å². The Balaban J connectivity index is 1.40. The highest BCUT2D eigenvalue weighted by Crippen LogP contribution is 2.26. The first kappa shape index (κ1) is 16.0. The summed E-state index contributed by atoms with van der Waals surface area (Å²) in [5.74, 6) is 1.39. The van der Waals surface area contributed by atoms with Crippen LogP contribution in [0.3, 0.4) is 0 Å². The number of aromatic nitrogens is 2. The molecule has 3 rings (SSSR count). The van der Waals surface area contributed by atoms with Crippen molar-refractivity contribution in [2.75, 3.05) is 26.2 Å². The predicted molar refractivity (Wildman–Crippen MR) is 89.7 cm³/mol. The first-order valence-corrected chi connectivity index (χ1v) is 8.30. The number of piperidine rings is 1. The third-order valence-electron chi connectivity index (χ3n) is 4.45. The van der Waals surface area contributed by atoms with Gasteiger partial charge >= 0.3 is 0 Å². The lowest BCUT2D eigenvalue weighted by Crippen LogP contribution is -2.40. The average Bonchev–Trinajstić information content (AvgIpc) is 3.08. The summed E-state index contributed by atoms with van der Waals surface area (Å²) in [6.45, 7) is 5.05. The second-order valence-corrected chi connectivity index (χ2v) is 6.37. The van der Waals surface area contributed by atoms with Gasteiger partial charge in [-0.15, -0.1) is 0 Å². The van der Waals surface area contributed by atoms with Gasteiger partial charge in [0, 0.05) is 24.4 Å². The van der Waals surface area contributed by atoms with E-state index in [0.29, 0.717) is 19.1 Å². The molecule has 0 spiro atoms. The van der Waals surface area contributed by atoms with Gasteiger partial charge < -0.3 is 14.7 Å². The number of benzene rings is 1. The minimum absolute atomic E-state index is 0.337. The molecule has 124 valence electrons. The van der Waals surface area contributed by atoms with Gasteiger partial charge in [0.05, 0.1) is 0 Å². The van der Waals surface area contributed by atoms with Gasteiger partial charge in [-0.1, -0.05) is 12.1 Å². The number of aliphatic hydroxyl groups excluding tert-OH is 1. The molecule has 0 saturated carbocycles. The first-order chi connectivity index (χ1) is 11.2. The van der Waals surface area contributed by atoms with Crippen LogP contribution in [0.1, 0.15) is 30.0 Å². The zero-order valence-electron chi connectivity index (χ0n) is 13.6. The van der Waals surface area contributed by atoms with Gasteiger partial charge in [-0.3, -0.25) is 5.10 Å². The van der Waals surface area contributed by atoms with E-state index in [1.807, 2.05) is 37.4 Å². The molecule has 1 aliphatic rings. The van der Waals surface area contributed by atoms with Gasteiger partial charge in [0.1, 0.15) is 18.5 Å². The molecule has 0 aliphatic carbocycles. The Morgan fingerprint density at radius 3 is 2.87 bits per heavy atom. The van der Waals surface area contributed by atoms with Crippen LogP contribution in [0.15, 0.2) is 36.5 Å². The number of H-pyrrole nitrogens is 1. The Morgan fingerprint density at radius 1 is 1.35 bits per heavy atom. The number of aryl methyl sites for hydroxylation is 1. The van der Waals surface area contributed by atoms with Crippen molar-refractivity contribution in [3.63, 3.8) is 0 Å². The van der Waals surface area contributed by atoms with Crippen LogP contribution in [0.5, 0.6) is 5.75 Å². The summed E-state index contributed by atoms with van der Waals surface area (Å²) in [5.41, 5.74) is 2.39. The van der Waals surface area contributed by atoms with Crippen molar-refractivity contribution < 1.29 is 9.84 Å². The molecule has 2 heterocycles. The highest BCUT2D eigenvalue weighted by Gasteiger charge is 2.23. The highest BCUT2D eigenvalue weighted by atomic mass is 16.5. The van der Waals surface area contributed by atoms with Crippen molar-refractivity contribution >= 4 is 0 Å². The maximum absolute atomic E-state index is 10.2. The molecular weight excluding hydrogens is 290 g/mol. The normalized spacial score (nSPS) is 18.0. The van der Waals surface area contributed by atoms with Gasteiger partial charge in [-0.05, 0) is 56.6 Å². The molecule has 1 atom stereocenters. The molecule has 0 bridgehead atoms. The van der Waals surface area contributed by atoms with Crippen molar-refractivity contribution in [1.29, 1.82) is 0 Å². The second-order valence-electron chi connectivity index (χ2n) is 6.37. The van der Waals surface area contributed by atoms with Crippen LogP contribution in [-0.2, 0) is 0 Å². The van der Waals surface area contributed by atoms with Crippen LogP contribution in [0.2, 0.25) is 0 Å². The van der Waals surface area contributed by atoms with E-state index in [9.17, 15) is 5.11 Å². The molecular formula is C18H25N3O2. The summed E-state index contributed by atoms with van der Waals surface area (Å²) in [7, 11) is 0. The van der Waals surface area contributed by atoms with Crippen LogP contribution < -0.4 is 4.74 Å². The van der Waals surface area contributed by atoms with Gasteiger partial charge in [-0.2, -0.15) is 5.10 Å². The minimum Gasteiger partial charge on any atom is -0.491 e. The van der Waals surface area contributed by atoms with Crippen LogP contribution in [0, 0.1) is 6.92 Å². The lowest BCUT2D eigenvalue weighted by molar-refractivity contribution is 0.0592. The van der Waals surface area contributed by atoms with E-state index < -0.39 is 6.10 Å². The second kappa shape index (κ2) is 7.62. The molecule has 1 aliphatic heterocycles. The van der Waals surface area contributed by atoms with Gasteiger partial charge in [0.15, 0.2) is 0 Å². The quantitative estimate of drug-likeness (QED) is 0.859. The van der Waals surface area contributed by atoms with E-state index in [-0.39, 0.29) is 0 Å². The first-order valence-electron chi connectivity index (χ1n) is 8.30. The summed E-state index contributed by atoms with van der Waals surface area (Å²) in [4.78, 5) is 2.32. The van der Waals surface area contributed by atoms with Gasteiger partial charge in [-0.25, -0.2) is 0 Å². The molecule has 5 heteroatoms. The number of nitrogens with one attached hydrogen (secondary N) is 1. The van der Waals surface area contributed by atoms with E-state index in [0.717, 1.165) is 37.2 Å². The van der Waals surface area contributed by atoms with Crippen molar-refractivity contribution in [1.82, 2.24) is 15.1 Å². The number of likely N-dealkylation sites (tertiary alicyclic amines) is 1. The molecule has 1 aromatic heterocycles. The van der Waals surface area contributed by atoms with E-state index >= 15 is 0 Å².